The maximum Gasteiger partial charge on any atom is 0.196 e. The highest BCUT2D eigenvalue weighted by Gasteiger charge is 2.18. The van der Waals surface area contributed by atoms with Crippen molar-refractivity contribution in [3.05, 3.63) is 69.0 Å². The van der Waals surface area contributed by atoms with Gasteiger partial charge in [0.05, 0.1) is 4.47 Å². The van der Waals surface area contributed by atoms with Crippen LogP contribution in [0, 0.1) is 5.82 Å². The van der Waals surface area contributed by atoms with Crippen molar-refractivity contribution < 1.29 is 9.18 Å². The first-order valence-electron chi connectivity index (χ1n) is 5.83. The Morgan fingerprint density at radius 1 is 1.20 bits per heavy atom. The Balaban J connectivity index is 2.16. The Hall–Kier alpha value is -1.65. The van der Waals surface area contributed by atoms with E-state index in [2.05, 4.69) is 20.9 Å². The van der Waals surface area contributed by atoms with Gasteiger partial charge in [-0.3, -0.25) is 4.79 Å². The zero-order valence-electron chi connectivity index (χ0n) is 10.1. The van der Waals surface area contributed by atoms with Gasteiger partial charge in [0.2, 0.25) is 0 Å². The van der Waals surface area contributed by atoms with Crippen LogP contribution < -0.4 is 0 Å². The highest BCUT2D eigenvalue weighted by Crippen LogP contribution is 2.27. The van der Waals surface area contributed by atoms with Gasteiger partial charge in [-0.05, 0) is 40.2 Å². The first kappa shape index (κ1) is 13.3. The van der Waals surface area contributed by atoms with Gasteiger partial charge in [-0.2, -0.15) is 0 Å². The average Bonchev–Trinajstić information content (AvgIpc) is 2.84. The summed E-state index contributed by atoms with van der Waals surface area (Å²) >= 11 is 9.02. The van der Waals surface area contributed by atoms with E-state index in [9.17, 15) is 9.18 Å². The molecule has 0 unspecified atom stereocenters. The quantitative estimate of drug-likeness (QED) is 0.650. The second-order valence-electron chi connectivity index (χ2n) is 4.32. The van der Waals surface area contributed by atoms with E-state index in [0.717, 1.165) is 10.9 Å². The largest absolute Gasteiger partial charge is 0.360 e. The van der Waals surface area contributed by atoms with Crippen molar-refractivity contribution >= 4 is 44.2 Å². The molecular formula is C15H8BrClFNO. The molecule has 0 radical (unpaired) electrons. The van der Waals surface area contributed by atoms with Crippen LogP contribution in [-0.4, -0.2) is 10.8 Å². The van der Waals surface area contributed by atoms with Crippen LogP contribution in [0.25, 0.3) is 10.9 Å². The van der Waals surface area contributed by atoms with Crippen LogP contribution in [0.2, 0.25) is 5.02 Å². The van der Waals surface area contributed by atoms with E-state index in [1.54, 1.807) is 30.5 Å². The summed E-state index contributed by atoms with van der Waals surface area (Å²) in [4.78, 5) is 15.5. The Kier molecular flexibility index (Phi) is 3.36. The summed E-state index contributed by atoms with van der Waals surface area (Å²) in [6.45, 7) is 0. The maximum atomic E-state index is 13.5. The standard InChI is InChI=1S/C15H8BrClFNO/c16-14-10(2-1-3-12(14)18)15(20)11-7-19-13-6-8(17)4-5-9(11)13/h1-7,19H. The highest BCUT2D eigenvalue weighted by atomic mass is 79.9. The molecule has 0 aliphatic heterocycles. The van der Waals surface area contributed by atoms with E-state index < -0.39 is 5.82 Å². The van der Waals surface area contributed by atoms with Crippen molar-refractivity contribution in [3.63, 3.8) is 0 Å². The molecule has 5 heteroatoms. The molecule has 0 aliphatic rings. The topological polar surface area (TPSA) is 32.9 Å². The van der Waals surface area contributed by atoms with E-state index in [1.165, 1.54) is 12.1 Å². The van der Waals surface area contributed by atoms with Crippen LogP contribution in [-0.2, 0) is 0 Å². The highest BCUT2D eigenvalue weighted by molar-refractivity contribution is 9.10. The van der Waals surface area contributed by atoms with Crippen LogP contribution in [0.15, 0.2) is 47.1 Å². The van der Waals surface area contributed by atoms with Gasteiger partial charge in [-0.1, -0.05) is 23.7 Å². The SMILES string of the molecule is O=C(c1cccc(F)c1Br)c1c[nH]c2cc(Cl)ccc12. The number of hydrogen-bond acceptors (Lipinski definition) is 1. The first-order valence-corrected chi connectivity index (χ1v) is 7.00. The second kappa shape index (κ2) is 5.04. The molecule has 0 aliphatic carbocycles. The molecule has 0 atom stereocenters. The van der Waals surface area contributed by atoms with Gasteiger partial charge in [-0.25, -0.2) is 4.39 Å². The molecule has 3 rings (SSSR count). The molecule has 0 spiro atoms. The Morgan fingerprint density at radius 3 is 2.80 bits per heavy atom. The normalized spacial score (nSPS) is 10.9. The number of rotatable bonds is 2. The molecule has 1 aromatic heterocycles. The molecule has 2 nitrogen and oxygen atoms in total. The van der Waals surface area contributed by atoms with Crippen molar-refractivity contribution in [2.75, 3.05) is 0 Å². The lowest BCUT2D eigenvalue weighted by atomic mass is 10.0. The van der Waals surface area contributed by atoms with Crippen LogP contribution in [0.5, 0.6) is 0 Å². The average molecular weight is 353 g/mol. The zero-order valence-corrected chi connectivity index (χ0v) is 12.4. The molecule has 0 saturated carbocycles. The second-order valence-corrected chi connectivity index (χ2v) is 5.55. The molecule has 1 heterocycles. The molecule has 2 aromatic carbocycles. The summed E-state index contributed by atoms with van der Waals surface area (Å²) in [5.74, 6) is -0.705. The number of H-pyrrole nitrogens is 1. The van der Waals surface area contributed by atoms with E-state index in [4.69, 9.17) is 11.6 Å². The van der Waals surface area contributed by atoms with Crippen molar-refractivity contribution in [2.24, 2.45) is 0 Å². The predicted octanol–water partition coefficient (Wildman–Crippen LogP) is 4.95. The maximum absolute atomic E-state index is 13.5. The van der Waals surface area contributed by atoms with Gasteiger partial charge in [0, 0.05) is 33.2 Å². The lowest BCUT2D eigenvalue weighted by Gasteiger charge is -2.03. The molecule has 0 amide bonds. The van der Waals surface area contributed by atoms with Gasteiger partial charge in [0.1, 0.15) is 5.82 Å². The van der Waals surface area contributed by atoms with Crippen LogP contribution in [0.1, 0.15) is 15.9 Å². The number of benzene rings is 2. The van der Waals surface area contributed by atoms with Gasteiger partial charge < -0.3 is 4.98 Å². The molecule has 0 saturated heterocycles. The number of fused-ring (bicyclic) bond motifs is 1. The Labute approximate surface area is 127 Å². The summed E-state index contributed by atoms with van der Waals surface area (Å²) in [7, 11) is 0. The fraction of sp³-hybridized carbons (Fsp3) is 0. The van der Waals surface area contributed by atoms with E-state index in [-0.39, 0.29) is 10.3 Å². The first-order chi connectivity index (χ1) is 9.58. The number of carbonyl (C=O) groups is 1. The lowest BCUT2D eigenvalue weighted by molar-refractivity contribution is 0.103. The van der Waals surface area contributed by atoms with Crippen LogP contribution >= 0.6 is 27.5 Å². The lowest BCUT2D eigenvalue weighted by Crippen LogP contribution is -2.02. The van der Waals surface area contributed by atoms with Crippen molar-refractivity contribution in [1.29, 1.82) is 0 Å². The van der Waals surface area contributed by atoms with E-state index in [0.29, 0.717) is 16.1 Å². The van der Waals surface area contributed by atoms with E-state index in [1.807, 2.05) is 0 Å². The molecule has 0 bridgehead atoms. The molecule has 0 fully saturated rings. The predicted molar refractivity (Wildman–Crippen MR) is 80.8 cm³/mol. The van der Waals surface area contributed by atoms with Crippen molar-refractivity contribution in [2.45, 2.75) is 0 Å². The summed E-state index contributed by atoms with van der Waals surface area (Å²) in [5.41, 5.74) is 1.55. The molecule has 100 valence electrons. The third-order valence-electron chi connectivity index (χ3n) is 3.08. The minimum absolute atomic E-state index is 0.174. The monoisotopic (exact) mass is 351 g/mol. The fourth-order valence-electron chi connectivity index (χ4n) is 2.11. The smallest absolute Gasteiger partial charge is 0.196 e. The van der Waals surface area contributed by atoms with E-state index >= 15 is 0 Å². The molecule has 20 heavy (non-hydrogen) atoms. The number of halogens is 3. The van der Waals surface area contributed by atoms with Crippen molar-refractivity contribution in [3.8, 4) is 0 Å². The number of carbonyl (C=O) groups excluding carboxylic acids is 1. The summed E-state index contributed by atoms with van der Waals surface area (Å²) < 4.78 is 13.7. The Bertz CT molecular complexity index is 828. The fourth-order valence-corrected chi connectivity index (χ4v) is 2.73. The van der Waals surface area contributed by atoms with Gasteiger partial charge in [0.15, 0.2) is 5.78 Å². The van der Waals surface area contributed by atoms with Crippen LogP contribution in [0.4, 0.5) is 4.39 Å². The minimum atomic E-state index is -0.460. The van der Waals surface area contributed by atoms with Gasteiger partial charge in [-0.15, -0.1) is 0 Å². The molecule has 3 aromatic rings. The Morgan fingerprint density at radius 2 is 2.00 bits per heavy atom. The zero-order chi connectivity index (χ0) is 14.3. The number of ketones is 1. The van der Waals surface area contributed by atoms with Crippen LogP contribution in [0.3, 0.4) is 0 Å². The third kappa shape index (κ3) is 2.15. The molecular weight excluding hydrogens is 345 g/mol. The minimum Gasteiger partial charge on any atom is -0.360 e. The van der Waals surface area contributed by atoms with Gasteiger partial charge >= 0.3 is 0 Å². The number of nitrogens with one attached hydrogen (secondary N) is 1. The number of aromatic amines is 1. The third-order valence-corrected chi connectivity index (χ3v) is 4.13. The summed E-state index contributed by atoms with van der Waals surface area (Å²) in [5, 5.41) is 1.35. The number of hydrogen-bond donors (Lipinski definition) is 1. The van der Waals surface area contributed by atoms with Crippen molar-refractivity contribution in [1.82, 2.24) is 4.98 Å². The number of aromatic nitrogens is 1. The summed E-state index contributed by atoms with van der Waals surface area (Å²) in [6.07, 6.45) is 1.61. The summed E-state index contributed by atoms with van der Waals surface area (Å²) in [6, 6.07) is 9.64. The molecule has 1 N–H and O–H groups in total. The van der Waals surface area contributed by atoms with Gasteiger partial charge in [0.25, 0.3) is 0 Å².